The van der Waals surface area contributed by atoms with Crippen LogP contribution in [0.4, 0.5) is 11.4 Å². The number of morpholine rings is 1. The van der Waals surface area contributed by atoms with Gasteiger partial charge in [-0.15, -0.1) is 0 Å². The van der Waals surface area contributed by atoms with Gasteiger partial charge in [0.25, 0.3) is 5.69 Å². The summed E-state index contributed by atoms with van der Waals surface area (Å²) < 4.78 is 5.33. The molecule has 0 amide bonds. The van der Waals surface area contributed by atoms with E-state index in [1.165, 1.54) is 12.3 Å². The monoisotopic (exact) mass is 284 g/mol. The summed E-state index contributed by atoms with van der Waals surface area (Å²) in [5.74, 6) is 0. The fourth-order valence-electron chi connectivity index (χ4n) is 2.54. The lowest BCUT2D eigenvalue weighted by Gasteiger charge is -2.32. The predicted molar refractivity (Wildman–Crippen MR) is 76.0 cm³/mol. The summed E-state index contributed by atoms with van der Waals surface area (Å²) >= 11 is 0. The lowest BCUT2D eigenvalue weighted by molar-refractivity contribution is -0.383. The van der Waals surface area contributed by atoms with Crippen LogP contribution in [0.2, 0.25) is 0 Å². The third kappa shape index (κ3) is 2.37. The molecular weight excluding hydrogens is 272 g/mol. The lowest BCUT2D eigenvalue weighted by atomic mass is 10.1. The molecule has 106 valence electrons. The van der Waals surface area contributed by atoms with E-state index in [2.05, 4.69) is 11.1 Å². The number of hydrogen-bond acceptors (Lipinski definition) is 6. The van der Waals surface area contributed by atoms with Crippen molar-refractivity contribution >= 4 is 22.1 Å². The Morgan fingerprint density at radius 1 is 1.43 bits per heavy atom. The normalized spacial score (nSPS) is 18.4. The molecule has 1 unspecified atom stereocenters. The number of rotatable bonds is 2. The van der Waals surface area contributed by atoms with Crippen LogP contribution in [0, 0.1) is 21.4 Å². The van der Waals surface area contributed by atoms with Gasteiger partial charge in [0.05, 0.1) is 29.5 Å². The minimum Gasteiger partial charge on any atom is -0.365 e. The Labute approximate surface area is 120 Å². The smallest absolute Gasteiger partial charge is 0.277 e. The Morgan fingerprint density at radius 2 is 2.29 bits per heavy atom. The molecule has 0 N–H and O–H groups in total. The molecular formula is C14H12N4O3. The van der Waals surface area contributed by atoms with Crippen LogP contribution in [0.25, 0.3) is 10.8 Å². The number of pyridine rings is 1. The standard InChI is InChI=1S/C14H12N4O3/c15-7-10-9-17(5-6-21-10)13-1-2-14(18(19)20)11-3-4-16-8-12(11)13/h1-4,8,10H,5-6,9H2. The Balaban J connectivity index is 2.10. The van der Waals surface area contributed by atoms with E-state index in [0.29, 0.717) is 30.5 Å². The largest absolute Gasteiger partial charge is 0.365 e. The number of fused-ring (bicyclic) bond motifs is 1. The SMILES string of the molecule is N#CC1CN(c2ccc([N+](=O)[O-])c3ccncc23)CCO1. The Hall–Kier alpha value is -2.72. The number of nitrogens with zero attached hydrogens (tertiary/aromatic N) is 4. The molecule has 0 spiro atoms. The highest BCUT2D eigenvalue weighted by atomic mass is 16.6. The molecule has 1 aromatic carbocycles. The van der Waals surface area contributed by atoms with Crippen LogP contribution in [-0.4, -0.2) is 35.7 Å². The summed E-state index contributed by atoms with van der Waals surface area (Å²) in [6.07, 6.45) is 2.67. The molecule has 21 heavy (non-hydrogen) atoms. The zero-order valence-electron chi connectivity index (χ0n) is 11.1. The molecule has 2 aromatic rings. The van der Waals surface area contributed by atoms with Crippen molar-refractivity contribution in [1.82, 2.24) is 4.98 Å². The van der Waals surface area contributed by atoms with Gasteiger partial charge in [0, 0.05) is 36.1 Å². The van der Waals surface area contributed by atoms with Gasteiger partial charge in [-0.25, -0.2) is 0 Å². The van der Waals surface area contributed by atoms with Gasteiger partial charge >= 0.3 is 0 Å². The number of nitro benzene ring substituents is 1. The van der Waals surface area contributed by atoms with Crippen molar-refractivity contribution in [2.24, 2.45) is 0 Å². The first-order valence-corrected chi connectivity index (χ1v) is 6.48. The number of benzene rings is 1. The van der Waals surface area contributed by atoms with Crippen LogP contribution in [-0.2, 0) is 4.74 Å². The first-order valence-electron chi connectivity index (χ1n) is 6.48. The van der Waals surface area contributed by atoms with Crippen LogP contribution >= 0.6 is 0 Å². The molecule has 1 atom stereocenters. The van der Waals surface area contributed by atoms with E-state index in [9.17, 15) is 10.1 Å². The Bertz CT molecular complexity index is 741. The Morgan fingerprint density at radius 3 is 3.05 bits per heavy atom. The van der Waals surface area contributed by atoms with E-state index < -0.39 is 11.0 Å². The van der Waals surface area contributed by atoms with E-state index in [-0.39, 0.29) is 5.69 Å². The van der Waals surface area contributed by atoms with Gasteiger partial charge in [-0.1, -0.05) is 0 Å². The third-order valence-electron chi connectivity index (χ3n) is 3.52. The van der Waals surface area contributed by atoms with Crippen molar-refractivity contribution in [3.05, 3.63) is 40.7 Å². The average molecular weight is 284 g/mol. The molecule has 0 saturated carbocycles. The molecule has 1 aromatic heterocycles. The van der Waals surface area contributed by atoms with Crippen LogP contribution in [0.1, 0.15) is 0 Å². The lowest BCUT2D eigenvalue weighted by Crippen LogP contribution is -2.41. The number of anilines is 1. The molecule has 0 aliphatic carbocycles. The van der Waals surface area contributed by atoms with Crippen molar-refractivity contribution in [3.63, 3.8) is 0 Å². The summed E-state index contributed by atoms with van der Waals surface area (Å²) in [6.45, 7) is 1.54. The third-order valence-corrected chi connectivity index (χ3v) is 3.52. The number of nitro groups is 1. The zero-order valence-corrected chi connectivity index (χ0v) is 11.1. The maximum absolute atomic E-state index is 11.1. The average Bonchev–Trinajstić information content (AvgIpc) is 2.53. The first-order chi connectivity index (χ1) is 10.2. The number of hydrogen-bond donors (Lipinski definition) is 0. The summed E-state index contributed by atoms with van der Waals surface area (Å²) in [5, 5.41) is 21.4. The summed E-state index contributed by atoms with van der Waals surface area (Å²) in [5.41, 5.74) is 0.897. The quantitative estimate of drug-likeness (QED) is 0.617. The number of ether oxygens (including phenoxy) is 1. The fourth-order valence-corrected chi connectivity index (χ4v) is 2.54. The van der Waals surface area contributed by atoms with Gasteiger partial charge in [0.15, 0.2) is 6.10 Å². The van der Waals surface area contributed by atoms with Crippen molar-refractivity contribution < 1.29 is 9.66 Å². The number of non-ortho nitro benzene ring substituents is 1. The molecule has 2 heterocycles. The molecule has 7 heteroatoms. The molecule has 1 fully saturated rings. The maximum atomic E-state index is 11.1. The predicted octanol–water partition coefficient (Wildman–Crippen LogP) is 1.87. The van der Waals surface area contributed by atoms with Gasteiger partial charge in [0.1, 0.15) is 0 Å². The van der Waals surface area contributed by atoms with Gasteiger partial charge in [-0.2, -0.15) is 5.26 Å². The topological polar surface area (TPSA) is 92.3 Å². The van der Waals surface area contributed by atoms with Crippen LogP contribution in [0.15, 0.2) is 30.6 Å². The summed E-state index contributed by atoms with van der Waals surface area (Å²) in [4.78, 5) is 16.8. The second-order valence-corrected chi connectivity index (χ2v) is 4.72. The highest BCUT2D eigenvalue weighted by Gasteiger charge is 2.23. The maximum Gasteiger partial charge on any atom is 0.277 e. The van der Waals surface area contributed by atoms with E-state index in [1.54, 1.807) is 18.3 Å². The van der Waals surface area contributed by atoms with E-state index in [4.69, 9.17) is 10.00 Å². The van der Waals surface area contributed by atoms with Crippen molar-refractivity contribution in [2.75, 3.05) is 24.6 Å². The van der Waals surface area contributed by atoms with Crippen molar-refractivity contribution in [3.8, 4) is 6.07 Å². The van der Waals surface area contributed by atoms with Gasteiger partial charge in [-0.3, -0.25) is 15.1 Å². The zero-order chi connectivity index (χ0) is 14.8. The van der Waals surface area contributed by atoms with E-state index in [0.717, 1.165) is 5.69 Å². The van der Waals surface area contributed by atoms with Gasteiger partial charge < -0.3 is 9.64 Å². The first kappa shape index (κ1) is 13.3. The number of nitriles is 1. The molecule has 1 saturated heterocycles. The van der Waals surface area contributed by atoms with Gasteiger partial charge in [-0.05, 0) is 12.1 Å². The van der Waals surface area contributed by atoms with Crippen LogP contribution < -0.4 is 4.90 Å². The molecule has 7 nitrogen and oxygen atoms in total. The second-order valence-electron chi connectivity index (χ2n) is 4.72. The molecule has 3 rings (SSSR count). The van der Waals surface area contributed by atoms with Gasteiger partial charge in [0.2, 0.25) is 0 Å². The minimum absolute atomic E-state index is 0.0567. The Kier molecular flexibility index (Phi) is 3.38. The second kappa shape index (κ2) is 5.34. The van der Waals surface area contributed by atoms with E-state index in [1.807, 2.05) is 4.90 Å². The molecule has 1 aliphatic heterocycles. The summed E-state index contributed by atoms with van der Waals surface area (Å²) in [7, 11) is 0. The van der Waals surface area contributed by atoms with Crippen molar-refractivity contribution in [2.45, 2.75) is 6.10 Å². The minimum atomic E-state index is -0.485. The molecule has 1 aliphatic rings. The molecule has 0 bridgehead atoms. The molecule has 0 radical (unpaired) electrons. The van der Waals surface area contributed by atoms with Crippen LogP contribution in [0.5, 0.6) is 0 Å². The fraction of sp³-hybridized carbons (Fsp3) is 0.286. The van der Waals surface area contributed by atoms with E-state index >= 15 is 0 Å². The van der Waals surface area contributed by atoms with Crippen molar-refractivity contribution in [1.29, 1.82) is 5.26 Å². The number of aromatic nitrogens is 1. The highest BCUT2D eigenvalue weighted by molar-refractivity contribution is 5.99. The highest BCUT2D eigenvalue weighted by Crippen LogP contribution is 2.33. The van der Waals surface area contributed by atoms with Crippen LogP contribution in [0.3, 0.4) is 0 Å². The summed E-state index contributed by atoms with van der Waals surface area (Å²) in [6, 6.07) is 6.94.